The largest absolute Gasteiger partial charge is 0.497 e. The molecule has 4 nitrogen and oxygen atoms in total. The molecule has 1 aromatic heterocycles. The first kappa shape index (κ1) is 14.6. The van der Waals surface area contributed by atoms with Crippen LogP contribution in [-0.4, -0.2) is 18.6 Å². The Bertz CT molecular complexity index is 558. The lowest BCUT2D eigenvalue weighted by Crippen LogP contribution is -2.11. The number of benzene rings is 1. The van der Waals surface area contributed by atoms with E-state index in [9.17, 15) is 0 Å². The number of aromatic nitrogens is 1. The molecule has 5 heteroatoms. The van der Waals surface area contributed by atoms with Gasteiger partial charge in [-0.1, -0.05) is 18.5 Å². The number of rotatable bonds is 6. The fraction of sp³-hybridized carbons (Fsp3) is 0.267. The molecule has 1 heterocycles. The molecule has 0 amide bonds. The van der Waals surface area contributed by atoms with Crippen molar-refractivity contribution in [3.63, 3.8) is 0 Å². The Morgan fingerprint density at radius 1 is 1.20 bits per heavy atom. The molecular weight excluding hydrogens is 276 g/mol. The van der Waals surface area contributed by atoms with Crippen molar-refractivity contribution in [2.75, 3.05) is 13.7 Å². The zero-order valence-electron chi connectivity index (χ0n) is 11.5. The Hall–Kier alpha value is -1.78. The molecule has 0 radical (unpaired) electrons. The molecule has 2 aromatic rings. The number of hydrogen-bond donors (Lipinski definition) is 1. The van der Waals surface area contributed by atoms with Crippen LogP contribution in [0.1, 0.15) is 12.5 Å². The van der Waals surface area contributed by atoms with E-state index in [0.29, 0.717) is 16.7 Å². The fourth-order valence-corrected chi connectivity index (χ4v) is 1.89. The first-order valence-electron chi connectivity index (χ1n) is 6.40. The van der Waals surface area contributed by atoms with Crippen LogP contribution in [0, 0.1) is 0 Å². The summed E-state index contributed by atoms with van der Waals surface area (Å²) in [5.74, 6) is 1.84. The monoisotopic (exact) mass is 292 g/mol. The van der Waals surface area contributed by atoms with Gasteiger partial charge in [-0.2, -0.15) is 0 Å². The highest BCUT2D eigenvalue weighted by Gasteiger charge is 2.06. The van der Waals surface area contributed by atoms with E-state index in [1.165, 1.54) is 0 Å². The lowest BCUT2D eigenvalue weighted by Gasteiger charge is -2.09. The van der Waals surface area contributed by atoms with E-state index in [-0.39, 0.29) is 0 Å². The summed E-state index contributed by atoms with van der Waals surface area (Å²) in [7, 11) is 1.62. The number of nitrogens with zero attached hydrogens (tertiary/aromatic N) is 1. The van der Waals surface area contributed by atoms with Crippen molar-refractivity contribution in [3.8, 4) is 17.4 Å². The van der Waals surface area contributed by atoms with Gasteiger partial charge in [0.05, 0.1) is 7.11 Å². The molecule has 0 fully saturated rings. The number of methoxy groups -OCH3 is 1. The van der Waals surface area contributed by atoms with Crippen molar-refractivity contribution in [1.29, 1.82) is 0 Å². The minimum Gasteiger partial charge on any atom is -0.497 e. The van der Waals surface area contributed by atoms with Gasteiger partial charge < -0.3 is 14.8 Å². The van der Waals surface area contributed by atoms with Crippen LogP contribution in [-0.2, 0) is 6.54 Å². The lowest BCUT2D eigenvalue weighted by molar-refractivity contribution is 0.412. The Labute approximate surface area is 123 Å². The molecule has 0 unspecified atom stereocenters. The van der Waals surface area contributed by atoms with E-state index in [4.69, 9.17) is 21.1 Å². The predicted molar refractivity (Wildman–Crippen MR) is 79.7 cm³/mol. The average molecular weight is 293 g/mol. The number of halogens is 1. The molecule has 0 saturated carbocycles. The van der Waals surface area contributed by atoms with Gasteiger partial charge in [0.2, 0.25) is 5.88 Å². The minimum atomic E-state index is 0.400. The summed E-state index contributed by atoms with van der Waals surface area (Å²) >= 11 is 6.18. The maximum Gasteiger partial charge on any atom is 0.238 e. The molecule has 0 atom stereocenters. The summed E-state index contributed by atoms with van der Waals surface area (Å²) in [6.45, 7) is 3.70. The van der Waals surface area contributed by atoms with Gasteiger partial charge in [0.1, 0.15) is 16.5 Å². The highest BCUT2D eigenvalue weighted by atomic mass is 35.5. The topological polar surface area (TPSA) is 43.4 Å². The first-order chi connectivity index (χ1) is 9.72. The van der Waals surface area contributed by atoms with E-state index >= 15 is 0 Å². The standard InChI is InChI=1S/C15H17ClN2O2/c1-3-17-9-11-8-14(16)15(18-10-11)20-13-6-4-12(19-2)5-7-13/h4-8,10,17H,3,9H2,1-2H3. The molecule has 0 aliphatic carbocycles. The second-order valence-electron chi connectivity index (χ2n) is 4.19. The SMILES string of the molecule is CCNCc1cnc(Oc2ccc(OC)cc2)c(Cl)c1. The van der Waals surface area contributed by atoms with E-state index in [2.05, 4.69) is 17.2 Å². The number of ether oxygens (including phenoxy) is 2. The summed E-state index contributed by atoms with van der Waals surface area (Å²) in [6, 6.07) is 9.12. The molecule has 1 aromatic carbocycles. The molecule has 20 heavy (non-hydrogen) atoms. The normalized spacial score (nSPS) is 10.3. The van der Waals surface area contributed by atoms with Gasteiger partial charge in [-0.05, 0) is 42.4 Å². The molecule has 0 spiro atoms. The summed E-state index contributed by atoms with van der Waals surface area (Å²) in [6.07, 6.45) is 1.76. The van der Waals surface area contributed by atoms with Gasteiger partial charge >= 0.3 is 0 Å². The van der Waals surface area contributed by atoms with E-state index in [0.717, 1.165) is 24.4 Å². The van der Waals surface area contributed by atoms with Crippen LogP contribution in [0.15, 0.2) is 36.5 Å². The average Bonchev–Trinajstić information content (AvgIpc) is 2.48. The molecule has 0 aliphatic rings. The molecule has 106 valence electrons. The molecule has 0 saturated heterocycles. The predicted octanol–water partition coefficient (Wildman–Crippen LogP) is 3.65. The summed E-state index contributed by atoms with van der Waals surface area (Å²) in [4.78, 5) is 4.24. The van der Waals surface area contributed by atoms with E-state index in [1.54, 1.807) is 13.3 Å². The van der Waals surface area contributed by atoms with Crippen LogP contribution in [0.25, 0.3) is 0 Å². The van der Waals surface area contributed by atoms with Crippen LogP contribution in [0.5, 0.6) is 17.4 Å². The van der Waals surface area contributed by atoms with Crippen molar-refractivity contribution in [2.24, 2.45) is 0 Å². The van der Waals surface area contributed by atoms with Crippen molar-refractivity contribution >= 4 is 11.6 Å². The van der Waals surface area contributed by atoms with Gasteiger partial charge in [0.25, 0.3) is 0 Å². The molecule has 2 rings (SSSR count). The smallest absolute Gasteiger partial charge is 0.238 e. The van der Waals surface area contributed by atoms with Crippen LogP contribution in [0.3, 0.4) is 0 Å². The van der Waals surface area contributed by atoms with Gasteiger partial charge in [0, 0.05) is 12.7 Å². The zero-order valence-corrected chi connectivity index (χ0v) is 12.3. The molecular formula is C15H17ClN2O2. The fourth-order valence-electron chi connectivity index (χ4n) is 1.66. The summed E-state index contributed by atoms with van der Waals surface area (Å²) in [5.41, 5.74) is 1.03. The Balaban J connectivity index is 2.08. The third-order valence-electron chi connectivity index (χ3n) is 2.72. The number of pyridine rings is 1. The van der Waals surface area contributed by atoms with Crippen LogP contribution in [0.4, 0.5) is 0 Å². The number of nitrogens with one attached hydrogen (secondary N) is 1. The third kappa shape index (κ3) is 3.85. The Kier molecular flexibility index (Phi) is 5.21. The Morgan fingerprint density at radius 2 is 1.90 bits per heavy atom. The lowest BCUT2D eigenvalue weighted by atomic mass is 10.3. The minimum absolute atomic E-state index is 0.400. The maximum absolute atomic E-state index is 6.18. The van der Waals surface area contributed by atoms with Crippen molar-refractivity contribution < 1.29 is 9.47 Å². The highest BCUT2D eigenvalue weighted by molar-refractivity contribution is 6.31. The first-order valence-corrected chi connectivity index (χ1v) is 6.77. The van der Waals surface area contributed by atoms with Crippen LogP contribution < -0.4 is 14.8 Å². The molecule has 1 N–H and O–H groups in total. The second-order valence-corrected chi connectivity index (χ2v) is 4.60. The quantitative estimate of drug-likeness (QED) is 0.882. The van der Waals surface area contributed by atoms with Gasteiger partial charge in [-0.25, -0.2) is 4.98 Å². The van der Waals surface area contributed by atoms with Crippen LogP contribution >= 0.6 is 11.6 Å². The van der Waals surface area contributed by atoms with Crippen molar-refractivity contribution in [1.82, 2.24) is 10.3 Å². The number of hydrogen-bond acceptors (Lipinski definition) is 4. The van der Waals surface area contributed by atoms with Gasteiger partial charge in [0.15, 0.2) is 0 Å². The maximum atomic E-state index is 6.18. The third-order valence-corrected chi connectivity index (χ3v) is 2.99. The summed E-state index contributed by atoms with van der Waals surface area (Å²) < 4.78 is 10.7. The molecule has 0 bridgehead atoms. The Morgan fingerprint density at radius 3 is 2.50 bits per heavy atom. The van der Waals surface area contributed by atoms with Crippen LogP contribution in [0.2, 0.25) is 5.02 Å². The van der Waals surface area contributed by atoms with Gasteiger partial charge in [-0.15, -0.1) is 0 Å². The van der Waals surface area contributed by atoms with Gasteiger partial charge in [-0.3, -0.25) is 0 Å². The zero-order chi connectivity index (χ0) is 14.4. The summed E-state index contributed by atoms with van der Waals surface area (Å²) in [5, 5.41) is 3.72. The molecule has 0 aliphatic heterocycles. The van der Waals surface area contributed by atoms with Crippen molar-refractivity contribution in [2.45, 2.75) is 13.5 Å². The second kappa shape index (κ2) is 7.12. The van der Waals surface area contributed by atoms with E-state index < -0.39 is 0 Å². The van der Waals surface area contributed by atoms with E-state index in [1.807, 2.05) is 30.3 Å². The highest BCUT2D eigenvalue weighted by Crippen LogP contribution is 2.28. The van der Waals surface area contributed by atoms with Crippen molar-refractivity contribution in [3.05, 3.63) is 47.1 Å².